The van der Waals surface area contributed by atoms with Gasteiger partial charge < -0.3 is 5.73 Å². The molecule has 2 aromatic heterocycles. The molecule has 0 saturated carbocycles. The zero-order valence-corrected chi connectivity index (χ0v) is 14.8. The van der Waals surface area contributed by atoms with Gasteiger partial charge in [0.05, 0.1) is 17.0 Å². The number of anilines is 1. The van der Waals surface area contributed by atoms with E-state index in [4.69, 9.17) is 10.8 Å². The molecule has 0 amide bonds. The van der Waals surface area contributed by atoms with Crippen LogP contribution in [0.3, 0.4) is 0 Å². The summed E-state index contributed by atoms with van der Waals surface area (Å²) in [6, 6.07) is 14.7. The lowest BCUT2D eigenvalue weighted by Gasteiger charge is -2.10. The molecule has 5 rings (SSSR count). The van der Waals surface area contributed by atoms with Gasteiger partial charge in [-0.25, -0.2) is 19.0 Å². The maximum Gasteiger partial charge on any atom is 0.164 e. The first-order valence-corrected chi connectivity index (χ1v) is 8.91. The van der Waals surface area contributed by atoms with E-state index in [0.717, 1.165) is 12.8 Å². The molecule has 0 unspecified atom stereocenters. The fourth-order valence-corrected chi connectivity index (χ4v) is 3.92. The predicted octanol–water partition coefficient (Wildman–Crippen LogP) is 3.43. The highest BCUT2D eigenvalue weighted by Crippen LogP contribution is 2.36. The number of benzene rings is 2. The number of nitrogen functional groups attached to an aromatic ring is 1. The molecule has 0 bridgehead atoms. The number of halogens is 1. The van der Waals surface area contributed by atoms with Crippen LogP contribution in [-0.2, 0) is 12.8 Å². The van der Waals surface area contributed by atoms with Crippen LogP contribution in [-0.4, -0.2) is 19.7 Å². The van der Waals surface area contributed by atoms with Gasteiger partial charge >= 0.3 is 0 Å². The third-order valence-electron chi connectivity index (χ3n) is 5.25. The minimum absolute atomic E-state index is 0.0381. The van der Waals surface area contributed by atoms with Crippen LogP contribution in [0.2, 0.25) is 0 Å². The summed E-state index contributed by atoms with van der Waals surface area (Å²) in [6.07, 6.45) is 3.12. The molecule has 1 aliphatic rings. The highest BCUT2D eigenvalue weighted by atomic mass is 19.1. The van der Waals surface area contributed by atoms with E-state index < -0.39 is 5.82 Å². The topological polar surface area (TPSA) is 93.4 Å². The van der Waals surface area contributed by atoms with Crippen LogP contribution in [0, 0.1) is 17.1 Å². The van der Waals surface area contributed by atoms with Crippen LogP contribution >= 0.6 is 0 Å². The summed E-state index contributed by atoms with van der Waals surface area (Å²) in [6.45, 7) is 0. The Morgan fingerprint density at radius 1 is 1.11 bits per heavy atom. The van der Waals surface area contributed by atoms with Crippen LogP contribution in [0.1, 0.15) is 22.7 Å². The highest BCUT2D eigenvalue weighted by molar-refractivity contribution is 5.98. The molecular formula is C21H15FN6. The second kappa shape index (κ2) is 6.13. The molecule has 6 nitrogen and oxygen atoms in total. The third kappa shape index (κ3) is 2.42. The van der Waals surface area contributed by atoms with Crippen LogP contribution in [0.4, 0.5) is 10.2 Å². The largest absolute Gasteiger partial charge is 0.383 e. The molecule has 0 radical (unpaired) electrons. The zero-order chi connectivity index (χ0) is 19.3. The van der Waals surface area contributed by atoms with Crippen molar-refractivity contribution >= 4 is 16.9 Å². The molecule has 28 heavy (non-hydrogen) atoms. The maximum absolute atomic E-state index is 13.8. The van der Waals surface area contributed by atoms with Crippen LogP contribution in [0.15, 0.2) is 48.8 Å². The Balaban J connectivity index is 1.69. The highest BCUT2D eigenvalue weighted by Gasteiger charge is 2.27. The minimum atomic E-state index is -0.564. The van der Waals surface area contributed by atoms with Gasteiger partial charge in [0.1, 0.15) is 29.7 Å². The Bertz CT molecular complexity index is 1240. The summed E-state index contributed by atoms with van der Waals surface area (Å²) < 4.78 is 15.7. The molecule has 136 valence electrons. The molecule has 2 N–H and O–H groups in total. The molecular weight excluding hydrogens is 355 g/mol. The van der Waals surface area contributed by atoms with Gasteiger partial charge in [-0.15, -0.1) is 0 Å². The zero-order valence-electron chi connectivity index (χ0n) is 14.8. The van der Waals surface area contributed by atoms with Crippen LogP contribution < -0.4 is 5.73 Å². The lowest BCUT2D eigenvalue weighted by Crippen LogP contribution is -2.11. The SMILES string of the molecule is N#Cc1cc(-c2nn(C3Cc4ccccc4C3)c3ncnc(N)c23)ccc1F. The molecule has 0 atom stereocenters. The number of nitriles is 1. The fraction of sp³-hybridized carbons (Fsp3) is 0.143. The first-order chi connectivity index (χ1) is 13.7. The standard InChI is InChI=1S/C21H15FN6/c22-17-6-5-14(7-15(17)10-23)19-18-20(24)25-11-26-21(18)28(27-19)16-8-12-3-1-2-4-13(12)9-16/h1-7,11,16H,8-9H2,(H2,24,25,26). The number of fused-ring (bicyclic) bond motifs is 2. The van der Waals surface area contributed by atoms with Gasteiger partial charge in [-0.2, -0.15) is 10.4 Å². The van der Waals surface area contributed by atoms with Gasteiger partial charge in [0.2, 0.25) is 0 Å². The maximum atomic E-state index is 13.8. The number of hydrogen-bond donors (Lipinski definition) is 1. The molecule has 2 heterocycles. The monoisotopic (exact) mass is 370 g/mol. The Hall–Kier alpha value is -3.79. The second-order valence-electron chi connectivity index (χ2n) is 6.89. The molecule has 0 aliphatic heterocycles. The number of nitrogens with two attached hydrogens (primary N) is 1. The normalized spacial score (nSPS) is 13.6. The van der Waals surface area contributed by atoms with E-state index in [1.165, 1.54) is 29.6 Å². The quantitative estimate of drug-likeness (QED) is 0.583. The summed E-state index contributed by atoms with van der Waals surface area (Å²) in [5, 5.41) is 14.6. The summed E-state index contributed by atoms with van der Waals surface area (Å²) >= 11 is 0. The molecule has 7 heteroatoms. The summed E-state index contributed by atoms with van der Waals surface area (Å²) in [5.41, 5.74) is 10.5. The van der Waals surface area contributed by atoms with E-state index in [9.17, 15) is 9.65 Å². The van der Waals surface area contributed by atoms with E-state index in [0.29, 0.717) is 28.1 Å². The van der Waals surface area contributed by atoms with E-state index in [1.807, 2.05) is 22.9 Å². The average molecular weight is 370 g/mol. The van der Waals surface area contributed by atoms with Gasteiger partial charge in [-0.05, 0) is 42.2 Å². The van der Waals surface area contributed by atoms with Gasteiger partial charge in [0.25, 0.3) is 0 Å². The van der Waals surface area contributed by atoms with Crippen molar-refractivity contribution in [2.75, 3.05) is 5.73 Å². The Morgan fingerprint density at radius 3 is 2.57 bits per heavy atom. The molecule has 1 aliphatic carbocycles. The fourth-order valence-electron chi connectivity index (χ4n) is 3.92. The molecule has 0 spiro atoms. The lowest BCUT2D eigenvalue weighted by atomic mass is 10.1. The van der Waals surface area contributed by atoms with Crippen molar-refractivity contribution in [1.29, 1.82) is 5.26 Å². The van der Waals surface area contributed by atoms with Crippen LogP contribution in [0.5, 0.6) is 0 Å². The Labute approximate surface area is 160 Å². The molecule has 0 fully saturated rings. The lowest BCUT2D eigenvalue weighted by molar-refractivity contribution is 0.488. The first-order valence-electron chi connectivity index (χ1n) is 8.91. The first kappa shape index (κ1) is 16.4. The smallest absolute Gasteiger partial charge is 0.164 e. The number of aromatic nitrogens is 4. The summed E-state index contributed by atoms with van der Waals surface area (Å²) in [5.74, 6) is -0.255. The van der Waals surface area contributed by atoms with Crippen LogP contribution in [0.25, 0.3) is 22.3 Å². The minimum Gasteiger partial charge on any atom is -0.383 e. The van der Waals surface area contributed by atoms with Gasteiger partial charge in [-0.1, -0.05) is 24.3 Å². The number of rotatable bonds is 2. The molecule has 0 saturated heterocycles. The van der Waals surface area contributed by atoms with Gasteiger partial charge in [0.15, 0.2) is 5.65 Å². The summed E-state index contributed by atoms with van der Waals surface area (Å²) in [7, 11) is 0. The van der Waals surface area contributed by atoms with Gasteiger partial charge in [0, 0.05) is 5.56 Å². The van der Waals surface area contributed by atoms with E-state index in [1.54, 1.807) is 6.07 Å². The average Bonchev–Trinajstić information content (AvgIpc) is 3.30. The van der Waals surface area contributed by atoms with Crippen molar-refractivity contribution in [2.24, 2.45) is 0 Å². The van der Waals surface area contributed by atoms with Crippen molar-refractivity contribution in [3.63, 3.8) is 0 Å². The number of nitrogens with zero attached hydrogens (tertiary/aromatic N) is 5. The van der Waals surface area contributed by atoms with Crippen molar-refractivity contribution < 1.29 is 4.39 Å². The molecule has 2 aromatic carbocycles. The second-order valence-corrected chi connectivity index (χ2v) is 6.89. The Kier molecular flexibility index (Phi) is 3.59. The predicted molar refractivity (Wildman–Crippen MR) is 103 cm³/mol. The third-order valence-corrected chi connectivity index (χ3v) is 5.25. The Morgan fingerprint density at radius 2 is 1.86 bits per heavy atom. The summed E-state index contributed by atoms with van der Waals surface area (Å²) in [4.78, 5) is 8.53. The van der Waals surface area contributed by atoms with E-state index in [-0.39, 0.29) is 11.6 Å². The van der Waals surface area contributed by atoms with Crippen molar-refractivity contribution in [1.82, 2.24) is 19.7 Å². The van der Waals surface area contributed by atoms with Gasteiger partial charge in [-0.3, -0.25) is 0 Å². The van der Waals surface area contributed by atoms with Crippen molar-refractivity contribution in [3.05, 3.63) is 71.3 Å². The molecule has 4 aromatic rings. The van der Waals surface area contributed by atoms with E-state index >= 15 is 0 Å². The number of hydrogen-bond acceptors (Lipinski definition) is 5. The van der Waals surface area contributed by atoms with Crippen molar-refractivity contribution in [2.45, 2.75) is 18.9 Å². The van der Waals surface area contributed by atoms with Crippen molar-refractivity contribution in [3.8, 4) is 17.3 Å². The van der Waals surface area contributed by atoms with E-state index in [2.05, 4.69) is 22.1 Å².